The van der Waals surface area contributed by atoms with Gasteiger partial charge in [0.15, 0.2) is 5.82 Å². The smallest absolute Gasteiger partial charge is 0.407 e. The van der Waals surface area contributed by atoms with Gasteiger partial charge in [-0.15, -0.1) is 0 Å². The third-order valence-corrected chi connectivity index (χ3v) is 8.46. The van der Waals surface area contributed by atoms with Crippen LogP contribution in [0.3, 0.4) is 0 Å². The molecule has 4 heterocycles. The molecule has 2 aromatic heterocycles. The molecule has 6 rings (SSSR count). The van der Waals surface area contributed by atoms with Gasteiger partial charge >= 0.3 is 12.1 Å². The summed E-state index contributed by atoms with van der Waals surface area (Å²) in [5, 5.41) is 12.0. The van der Waals surface area contributed by atoms with E-state index >= 15 is 4.39 Å². The third kappa shape index (κ3) is 4.75. The van der Waals surface area contributed by atoms with Gasteiger partial charge in [0.05, 0.1) is 5.39 Å². The number of pyridine rings is 1. The number of fused-ring (bicyclic) bond motifs is 2. The van der Waals surface area contributed by atoms with E-state index in [4.69, 9.17) is 16.3 Å². The minimum absolute atomic E-state index is 0.0785. The quantitative estimate of drug-likeness (QED) is 0.337. The Hall–Kier alpha value is -3.76. The lowest BCUT2D eigenvalue weighted by atomic mass is 10.0. The minimum Gasteiger partial charge on any atom is -0.465 e. The molecular formula is C29H30ClFN6O3. The first-order valence-corrected chi connectivity index (χ1v) is 13.8. The Balaban J connectivity index is 1.46. The molecular weight excluding hydrogens is 535 g/mol. The monoisotopic (exact) mass is 564 g/mol. The zero-order valence-corrected chi connectivity index (χ0v) is 23.1. The molecule has 0 saturated carbocycles. The van der Waals surface area contributed by atoms with Gasteiger partial charge in [0.1, 0.15) is 23.6 Å². The van der Waals surface area contributed by atoms with Gasteiger partial charge in [-0.05, 0) is 44.3 Å². The van der Waals surface area contributed by atoms with Crippen molar-refractivity contribution in [2.75, 3.05) is 45.2 Å². The van der Waals surface area contributed by atoms with Gasteiger partial charge in [-0.1, -0.05) is 41.9 Å². The lowest BCUT2D eigenvalue weighted by molar-refractivity contribution is 0.155. The van der Waals surface area contributed by atoms with E-state index in [0.29, 0.717) is 53.3 Å². The van der Waals surface area contributed by atoms with Crippen molar-refractivity contribution in [1.82, 2.24) is 24.8 Å². The van der Waals surface area contributed by atoms with Crippen LogP contribution in [0.1, 0.15) is 19.3 Å². The van der Waals surface area contributed by atoms with Gasteiger partial charge in [0.25, 0.3) is 0 Å². The number of carboxylic acid groups (broad SMARTS) is 1. The number of amides is 1. The molecule has 2 fully saturated rings. The van der Waals surface area contributed by atoms with Crippen LogP contribution >= 0.6 is 11.6 Å². The van der Waals surface area contributed by atoms with Crippen LogP contribution in [0.15, 0.2) is 42.6 Å². The highest BCUT2D eigenvalue weighted by molar-refractivity contribution is 6.36. The highest BCUT2D eigenvalue weighted by Gasteiger charge is 2.31. The average Bonchev–Trinajstić information content (AvgIpc) is 3.61. The topological polar surface area (TPSA) is 94.9 Å². The molecule has 0 radical (unpaired) electrons. The molecule has 1 N–H and O–H groups in total. The van der Waals surface area contributed by atoms with Crippen molar-refractivity contribution >= 4 is 45.2 Å². The highest BCUT2D eigenvalue weighted by atomic mass is 35.5. The zero-order chi connectivity index (χ0) is 28.0. The lowest BCUT2D eigenvalue weighted by Crippen LogP contribution is -2.36. The van der Waals surface area contributed by atoms with Crippen molar-refractivity contribution in [3.8, 4) is 17.3 Å². The number of nitrogens with zero attached hydrogens (tertiary/aromatic N) is 6. The second-order valence-corrected chi connectivity index (χ2v) is 10.9. The number of rotatable bonds is 6. The van der Waals surface area contributed by atoms with Gasteiger partial charge < -0.3 is 24.5 Å². The number of carbonyl (C=O) groups is 1. The molecule has 2 aliphatic heterocycles. The summed E-state index contributed by atoms with van der Waals surface area (Å²) in [4.78, 5) is 30.8. The van der Waals surface area contributed by atoms with Crippen molar-refractivity contribution in [3.05, 3.63) is 53.4 Å². The van der Waals surface area contributed by atoms with E-state index in [1.807, 2.05) is 36.2 Å². The summed E-state index contributed by atoms with van der Waals surface area (Å²) in [6, 6.07) is 11.3. The molecule has 2 saturated heterocycles. The number of aromatic nitrogens is 3. The van der Waals surface area contributed by atoms with Crippen LogP contribution in [-0.4, -0.2) is 88.4 Å². The lowest BCUT2D eigenvalue weighted by Gasteiger charge is -2.27. The molecule has 2 aromatic carbocycles. The number of benzene rings is 2. The van der Waals surface area contributed by atoms with Crippen LogP contribution in [0, 0.1) is 5.82 Å². The van der Waals surface area contributed by atoms with Gasteiger partial charge in [-0.2, -0.15) is 9.97 Å². The Labute approximate surface area is 236 Å². The Morgan fingerprint density at radius 2 is 2.00 bits per heavy atom. The predicted octanol–water partition coefficient (Wildman–Crippen LogP) is 5.30. The third-order valence-electron chi connectivity index (χ3n) is 8.14. The van der Waals surface area contributed by atoms with E-state index in [1.54, 1.807) is 18.3 Å². The van der Waals surface area contributed by atoms with Crippen molar-refractivity contribution in [1.29, 1.82) is 0 Å². The molecule has 1 amide bonds. The van der Waals surface area contributed by atoms with E-state index in [1.165, 1.54) is 4.90 Å². The maximum absolute atomic E-state index is 16.4. The molecule has 2 atom stereocenters. The summed E-state index contributed by atoms with van der Waals surface area (Å²) in [6.45, 7) is 2.13. The van der Waals surface area contributed by atoms with Crippen molar-refractivity contribution in [3.63, 3.8) is 0 Å². The predicted molar refractivity (Wildman–Crippen MR) is 153 cm³/mol. The minimum atomic E-state index is -0.959. The van der Waals surface area contributed by atoms with Gasteiger partial charge in [0.2, 0.25) is 0 Å². The molecule has 40 heavy (non-hydrogen) atoms. The first kappa shape index (κ1) is 26.5. The largest absolute Gasteiger partial charge is 0.465 e. The Morgan fingerprint density at radius 3 is 2.73 bits per heavy atom. The van der Waals surface area contributed by atoms with Crippen LogP contribution in [0.5, 0.6) is 6.01 Å². The standard InChI is InChI=1S/C29H30ClFN6O3/c1-35-12-5-8-19(35)16-40-28-33-26-21(27(34-28)36(2)18-11-13-37(15-18)29(38)39)14-32-25(24(26)31)20-9-3-6-17-7-4-10-22(30)23(17)20/h3-4,6-7,9-10,14,18-19H,5,8,11-13,15-16H2,1-2H3,(H,38,39)/t18-,19+/m1/s1. The van der Waals surface area contributed by atoms with Crippen LogP contribution < -0.4 is 9.64 Å². The first-order chi connectivity index (χ1) is 19.3. The summed E-state index contributed by atoms with van der Waals surface area (Å²) >= 11 is 6.54. The Kier molecular flexibility index (Phi) is 7.06. The fraction of sp³-hybridized carbons (Fsp3) is 0.379. The SMILES string of the molecule is CN1CCC[C@H]1COc1nc(N(C)[C@@H]2CCN(C(=O)O)C2)c2cnc(-c3cccc4cccc(Cl)c34)c(F)c2n1. The molecule has 11 heteroatoms. The van der Waals surface area contributed by atoms with E-state index in [0.717, 1.165) is 24.8 Å². The second-order valence-electron chi connectivity index (χ2n) is 10.5. The summed E-state index contributed by atoms with van der Waals surface area (Å²) in [5.41, 5.74) is 0.797. The van der Waals surface area contributed by atoms with Gasteiger partial charge in [-0.25, -0.2) is 9.18 Å². The summed E-state index contributed by atoms with van der Waals surface area (Å²) in [7, 11) is 3.89. The number of anilines is 1. The van der Waals surface area contributed by atoms with E-state index < -0.39 is 11.9 Å². The number of hydrogen-bond acceptors (Lipinski definition) is 7. The Bertz CT molecular complexity index is 1600. The van der Waals surface area contributed by atoms with Crippen molar-refractivity contribution in [2.45, 2.75) is 31.3 Å². The molecule has 208 valence electrons. The summed E-state index contributed by atoms with van der Waals surface area (Å²) < 4.78 is 22.5. The first-order valence-electron chi connectivity index (χ1n) is 13.4. The number of halogens is 2. The van der Waals surface area contributed by atoms with Crippen LogP contribution in [-0.2, 0) is 0 Å². The van der Waals surface area contributed by atoms with Crippen molar-refractivity contribution in [2.24, 2.45) is 0 Å². The summed E-state index contributed by atoms with van der Waals surface area (Å²) in [6.07, 6.45) is 3.34. The normalized spacial score (nSPS) is 19.6. The maximum Gasteiger partial charge on any atom is 0.407 e. The zero-order valence-electron chi connectivity index (χ0n) is 22.3. The molecule has 4 aromatic rings. The number of hydrogen-bond donors (Lipinski definition) is 1. The number of likely N-dealkylation sites (N-methyl/N-ethyl adjacent to an activating group) is 2. The molecule has 2 aliphatic rings. The van der Waals surface area contributed by atoms with Crippen molar-refractivity contribution < 1.29 is 19.0 Å². The number of ether oxygens (including phenoxy) is 1. The highest BCUT2D eigenvalue weighted by Crippen LogP contribution is 2.37. The van der Waals surface area contributed by atoms with E-state index in [9.17, 15) is 9.90 Å². The van der Waals surface area contributed by atoms with Gasteiger partial charge in [-0.3, -0.25) is 4.98 Å². The summed E-state index contributed by atoms with van der Waals surface area (Å²) in [5.74, 6) is -0.144. The van der Waals surface area contributed by atoms with Crippen LogP contribution in [0.2, 0.25) is 5.02 Å². The molecule has 0 aliphatic carbocycles. The molecule has 9 nitrogen and oxygen atoms in total. The average molecular weight is 565 g/mol. The van der Waals surface area contributed by atoms with E-state index in [-0.39, 0.29) is 29.3 Å². The molecule has 0 unspecified atom stereocenters. The Morgan fingerprint density at radius 1 is 1.20 bits per heavy atom. The van der Waals surface area contributed by atoms with Crippen LogP contribution in [0.4, 0.5) is 15.0 Å². The van der Waals surface area contributed by atoms with Crippen LogP contribution in [0.25, 0.3) is 32.9 Å². The second kappa shape index (κ2) is 10.7. The number of likely N-dealkylation sites (tertiary alicyclic amines) is 2. The fourth-order valence-electron chi connectivity index (χ4n) is 5.80. The molecule has 0 spiro atoms. The van der Waals surface area contributed by atoms with Gasteiger partial charge in [0, 0.05) is 54.4 Å². The van der Waals surface area contributed by atoms with E-state index in [2.05, 4.69) is 26.9 Å². The fourth-order valence-corrected chi connectivity index (χ4v) is 6.08. The molecule has 0 bridgehead atoms. The maximum atomic E-state index is 16.4.